The third kappa shape index (κ3) is 3.06. The van der Waals surface area contributed by atoms with Gasteiger partial charge in [-0.3, -0.25) is 4.79 Å². The van der Waals surface area contributed by atoms with E-state index in [0.29, 0.717) is 6.61 Å². The van der Waals surface area contributed by atoms with Gasteiger partial charge in [-0.25, -0.2) is 0 Å². The zero-order valence-electron chi connectivity index (χ0n) is 9.74. The van der Waals surface area contributed by atoms with E-state index in [9.17, 15) is 4.79 Å². The third-order valence-electron chi connectivity index (χ3n) is 2.27. The molecule has 0 spiro atoms. The largest absolute Gasteiger partial charge is 0.465 e. The van der Waals surface area contributed by atoms with Gasteiger partial charge in [0.1, 0.15) is 0 Å². The molecule has 1 rings (SSSR count). The number of rotatable bonds is 4. The first-order valence-electron chi connectivity index (χ1n) is 5.29. The van der Waals surface area contributed by atoms with Gasteiger partial charge in [-0.15, -0.1) is 11.3 Å². The fraction of sp³-hybridized carbons (Fsp3) is 0.583. The van der Waals surface area contributed by atoms with Crippen LogP contribution in [0.5, 0.6) is 0 Å². The first kappa shape index (κ1) is 12.2. The minimum Gasteiger partial charge on any atom is -0.465 e. The van der Waals surface area contributed by atoms with E-state index in [2.05, 4.69) is 26.8 Å². The minimum atomic E-state index is -0.108. The zero-order chi connectivity index (χ0) is 11.4. The lowest BCUT2D eigenvalue weighted by Gasteiger charge is -2.17. The third-order valence-corrected chi connectivity index (χ3v) is 3.36. The molecule has 1 atom stereocenters. The second-order valence-electron chi connectivity index (χ2n) is 3.92. The molecule has 0 radical (unpaired) electrons. The number of aryl methyl sites for hydroxylation is 1. The Balaban J connectivity index is 2.88. The first-order valence-corrected chi connectivity index (χ1v) is 6.10. The predicted octanol–water partition coefficient (Wildman–Crippen LogP) is 3.36. The van der Waals surface area contributed by atoms with Crippen molar-refractivity contribution < 1.29 is 9.53 Å². The maximum absolute atomic E-state index is 11.8. The summed E-state index contributed by atoms with van der Waals surface area (Å²) >= 11 is 1.68. The number of ether oxygens (including phenoxy) is 1. The SMILES string of the molecule is CCOC(=O)C(c1ccc(C)s1)C(C)C. The average molecular weight is 226 g/mol. The van der Waals surface area contributed by atoms with E-state index >= 15 is 0 Å². The summed E-state index contributed by atoms with van der Waals surface area (Å²) in [6.45, 7) is 8.45. The molecule has 0 aliphatic carbocycles. The molecular formula is C12H18O2S. The number of hydrogen-bond acceptors (Lipinski definition) is 3. The highest BCUT2D eigenvalue weighted by molar-refractivity contribution is 7.12. The predicted molar refractivity (Wildman–Crippen MR) is 63.3 cm³/mol. The van der Waals surface area contributed by atoms with Crippen molar-refractivity contribution in [2.75, 3.05) is 6.61 Å². The van der Waals surface area contributed by atoms with Crippen LogP contribution in [0.1, 0.15) is 36.4 Å². The van der Waals surface area contributed by atoms with Crippen LogP contribution < -0.4 is 0 Å². The fourth-order valence-corrected chi connectivity index (χ4v) is 2.71. The molecule has 1 unspecified atom stereocenters. The summed E-state index contributed by atoms with van der Waals surface area (Å²) in [5, 5.41) is 0. The molecule has 15 heavy (non-hydrogen) atoms. The molecule has 0 aliphatic rings. The summed E-state index contributed by atoms with van der Waals surface area (Å²) in [5.74, 6) is 0.0695. The lowest BCUT2D eigenvalue weighted by Crippen LogP contribution is -2.19. The Bertz CT molecular complexity index is 328. The molecule has 0 aromatic carbocycles. The van der Waals surface area contributed by atoms with Crippen LogP contribution in [0.4, 0.5) is 0 Å². The highest BCUT2D eigenvalue weighted by atomic mass is 32.1. The van der Waals surface area contributed by atoms with Crippen molar-refractivity contribution in [3.63, 3.8) is 0 Å². The molecule has 2 nitrogen and oxygen atoms in total. The second-order valence-corrected chi connectivity index (χ2v) is 5.24. The Kier molecular flexibility index (Phi) is 4.33. The molecule has 0 saturated carbocycles. The summed E-state index contributed by atoms with van der Waals surface area (Å²) in [6.07, 6.45) is 0. The van der Waals surface area contributed by atoms with Gasteiger partial charge in [0, 0.05) is 9.75 Å². The number of hydrogen-bond donors (Lipinski definition) is 0. The van der Waals surface area contributed by atoms with Gasteiger partial charge < -0.3 is 4.74 Å². The van der Waals surface area contributed by atoms with Crippen molar-refractivity contribution >= 4 is 17.3 Å². The van der Waals surface area contributed by atoms with Crippen LogP contribution in [0.25, 0.3) is 0 Å². The smallest absolute Gasteiger partial charge is 0.314 e. The van der Waals surface area contributed by atoms with E-state index < -0.39 is 0 Å². The van der Waals surface area contributed by atoms with Crippen LogP contribution in [0.3, 0.4) is 0 Å². The molecule has 0 aliphatic heterocycles. The van der Waals surface area contributed by atoms with Crippen molar-refractivity contribution in [1.82, 2.24) is 0 Å². The van der Waals surface area contributed by atoms with Gasteiger partial charge in [-0.05, 0) is 31.9 Å². The molecule has 0 bridgehead atoms. The molecule has 3 heteroatoms. The Hall–Kier alpha value is -0.830. The van der Waals surface area contributed by atoms with Crippen molar-refractivity contribution in [2.24, 2.45) is 5.92 Å². The van der Waals surface area contributed by atoms with Gasteiger partial charge >= 0.3 is 5.97 Å². The van der Waals surface area contributed by atoms with Gasteiger partial charge in [-0.2, -0.15) is 0 Å². The molecule has 0 saturated heterocycles. The summed E-state index contributed by atoms with van der Waals surface area (Å²) in [5.41, 5.74) is 0. The standard InChI is InChI=1S/C12H18O2S/c1-5-14-12(13)11(8(2)3)10-7-6-9(4)15-10/h6-8,11H,5H2,1-4H3. The molecule has 1 aromatic heterocycles. The summed E-state index contributed by atoms with van der Waals surface area (Å²) in [7, 11) is 0. The molecule has 1 aromatic rings. The minimum absolute atomic E-state index is 0.102. The van der Waals surface area contributed by atoms with Gasteiger partial charge in [0.05, 0.1) is 12.5 Å². The maximum atomic E-state index is 11.8. The van der Waals surface area contributed by atoms with Crippen LogP contribution in [0, 0.1) is 12.8 Å². The molecule has 0 N–H and O–H groups in total. The zero-order valence-corrected chi connectivity index (χ0v) is 10.6. The van der Waals surface area contributed by atoms with Crippen molar-refractivity contribution in [3.05, 3.63) is 21.9 Å². The van der Waals surface area contributed by atoms with E-state index in [-0.39, 0.29) is 17.8 Å². The molecule has 84 valence electrons. The Morgan fingerprint density at radius 2 is 2.13 bits per heavy atom. The van der Waals surface area contributed by atoms with Crippen LogP contribution in [-0.4, -0.2) is 12.6 Å². The maximum Gasteiger partial charge on any atom is 0.314 e. The van der Waals surface area contributed by atoms with Crippen molar-refractivity contribution in [2.45, 2.75) is 33.6 Å². The van der Waals surface area contributed by atoms with Gasteiger partial charge in [0.25, 0.3) is 0 Å². The molecule has 0 fully saturated rings. The van der Waals surface area contributed by atoms with Crippen LogP contribution in [0.2, 0.25) is 0 Å². The van der Waals surface area contributed by atoms with Crippen molar-refractivity contribution in [1.29, 1.82) is 0 Å². The van der Waals surface area contributed by atoms with Crippen LogP contribution >= 0.6 is 11.3 Å². The molecular weight excluding hydrogens is 208 g/mol. The fourth-order valence-electron chi connectivity index (χ4n) is 1.57. The Morgan fingerprint density at radius 3 is 2.53 bits per heavy atom. The van der Waals surface area contributed by atoms with E-state index in [0.717, 1.165) is 4.88 Å². The summed E-state index contributed by atoms with van der Waals surface area (Å²) < 4.78 is 5.10. The summed E-state index contributed by atoms with van der Waals surface area (Å²) in [6, 6.07) is 4.08. The Labute approximate surface area is 95.3 Å². The molecule has 1 heterocycles. The second kappa shape index (κ2) is 5.31. The Morgan fingerprint density at radius 1 is 1.47 bits per heavy atom. The monoisotopic (exact) mass is 226 g/mol. The van der Waals surface area contributed by atoms with E-state index in [4.69, 9.17) is 4.74 Å². The average Bonchev–Trinajstić information content (AvgIpc) is 2.51. The first-order chi connectivity index (χ1) is 7.06. The number of carbonyl (C=O) groups is 1. The van der Waals surface area contributed by atoms with Crippen LogP contribution in [0.15, 0.2) is 12.1 Å². The summed E-state index contributed by atoms with van der Waals surface area (Å²) in [4.78, 5) is 14.1. The van der Waals surface area contributed by atoms with E-state index in [1.165, 1.54) is 4.88 Å². The van der Waals surface area contributed by atoms with Gasteiger partial charge in [-0.1, -0.05) is 13.8 Å². The highest BCUT2D eigenvalue weighted by Gasteiger charge is 2.26. The van der Waals surface area contributed by atoms with Gasteiger partial charge in [0.2, 0.25) is 0 Å². The topological polar surface area (TPSA) is 26.3 Å². The van der Waals surface area contributed by atoms with Crippen molar-refractivity contribution in [3.8, 4) is 0 Å². The van der Waals surface area contributed by atoms with Crippen LogP contribution in [-0.2, 0) is 9.53 Å². The highest BCUT2D eigenvalue weighted by Crippen LogP contribution is 2.31. The van der Waals surface area contributed by atoms with E-state index in [1.54, 1.807) is 11.3 Å². The molecule has 0 amide bonds. The van der Waals surface area contributed by atoms with E-state index in [1.807, 2.05) is 13.0 Å². The number of esters is 1. The lowest BCUT2D eigenvalue weighted by molar-refractivity contribution is -0.146. The normalized spacial score (nSPS) is 12.9. The number of carbonyl (C=O) groups excluding carboxylic acids is 1. The number of thiophene rings is 1. The quantitative estimate of drug-likeness (QED) is 0.736. The van der Waals surface area contributed by atoms with Gasteiger partial charge in [0.15, 0.2) is 0 Å². The lowest BCUT2D eigenvalue weighted by atomic mass is 9.94.